The molecule has 1 fully saturated rings. The Labute approximate surface area is 109 Å². The molecule has 0 bridgehead atoms. The lowest BCUT2D eigenvalue weighted by atomic mass is 10.0. The predicted octanol–water partition coefficient (Wildman–Crippen LogP) is 3.09. The maximum atomic E-state index is 10.8. The van der Waals surface area contributed by atoms with E-state index in [4.69, 9.17) is 0 Å². The molecule has 0 radical (unpaired) electrons. The first kappa shape index (κ1) is 11.8. The van der Waals surface area contributed by atoms with E-state index in [0.717, 1.165) is 12.1 Å². The molecule has 1 aliphatic rings. The molecular formula is C13H14INO. The van der Waals surface area contributed by atoms with Crippen molar-refractivity contribution in [1.82, 2.24) is 5.32 Å². The molecule has 16 heavy (non-hydrogen) atoms. The summed E-state index contributed by atoms with van der Waals surface area (Å²) in [5, 5.41) is 3.47. The SMILES string of the molecule is O=C(I)/C=C/c1ccc([C@H]2CCCN2)cc1. The molecule has 1 aromatic carbocycles. The number of allylic oxidation sites excluding steroid dienone is 1. The number of benzene rings is 1. The number of rotatable bonds is 3. The fourth-order valence-electron chi connectivity index (χ4n) is 1.97. The quantitative estimate of drug-likeness (QED) is 0.525. The Morgan fingerprint density at radius 3 is 2.69 bits per heavy atom. The molecule has 0 aromatic heterocycles. The number of nitrogens with one attached hydrogen (secondary N) is 1. The first-order valence-electron chi connectivity index (χ1n) is 5.46. The van der Waals surface area contributed by atoms with Crippen LogP contribution in [0.3, 0.4) is 0 Å². The van der Waals surface area contributed by atoms with E-state index < -0.39 is 0 Å². The number of halogens is 1. The van der Waals surface area contributed by atoms with Gasteiger partial charge in [0.15, 0.2) is 0 Å². The third-order valence-corrected chi connectivity index (χ3v) is 3.17. The summed E-state index contributed by atoms with van der Waals surface area (Å²) in [5.41, 5.74) is 2.42. The minimum Gasteiger partial charge on any atom is -0.310 e. The first-order valence-corrected chi connectivity index (χ1v) is 6.54. The monoisotopic (exact) mass is 327 g/mol. The number of carbonyl (C=O) groups excluding carboxylic acids is 1. The second-order valence-corrected chi connectivity index (χ2v) is 5.02. The highest BCUT2D eigenvalue weighted by atomic mass is 127. The van der Waals surface area contributed by atoms with Crippen molar-refractivity contribution in [3.05, 3.63) is 41.5 Å². The van der Waals surface area contributed by atoms with Crippen molar-refractivity contribution in [2.45, 2.75) is 18.9 Å². The van der Waals surface area contributed by atoms with Gasteiger partial charge in [-0.3, -0.25) is 4.79 Å². The van der Waals surface area contributed by atoms with Crippen LogP contribution in [0.1, 0.15) is 30.0 Å². The highest BCUT2D eigenvalue weighted by Crippen LogP contribution is 2.23. The Kier molecular flexibility index (Phi) is 4.12. The molecule has 2 nitrogen and oxygen atoms in total. The maximum absolute atomic E-state index is 10.8. The van der Waals surface area contributed by atoms with E-state index in [1.807, 2.05) is 6.08 Å². The Morgan fingerprint density at radius 1 is 1.38 bits per heavy atom. The topological polar surface area (TPSA) is 29.1 Å². The zero-order chi connectivity index (χ0) is 11.4. The molecule has 84 valence electrons. The van der Waals surface area contributed by atoms with Gasteiger partial charge in [0.2, 0.25) is 3.79 Å². The normalized spacial score (nSPS) is 20.4. The van der Waals surface area contributed by atoms with Crippen LogP contribution in [-0.4, -0.2) is 10.3 Å². The molecular weight excluding hydrogens is 313 g/mol. The van der Waals surface area contributed by atoms with Crippen LogP contribution in [0.25, 0.3) is 6.08 Å². The van der Waals surface area contributed by atoms with Crippen molar-refractivity contribution in [3.63, 3.8) is 0 Å². The van der Waals surface area contributed by atoms with E-state index in [9.17, 15) is 4.79 Å². The summed E-state index contributed by atoms with van der Waals surface area (Å²) in [7, 11) is 0. The average Bonchev–Trinajstić information content (AvgIpc) is 2.80. The van der Waals surface area contributed by atoms with Crippen molar-refractivity contribution in [1.29, 1.82) is 0 Å². The lowest BCUT2D eigenvalue weighted by molar-refractivity contribution is -0.105. The predicted molar refractivity (Wildman–Crippen MR) is 74.5 cm³/mol. The minimum atomic E-state index is 0.0548. The van der Waals surface area contributed by atoms with Crippen LogP contribution in [-0.2, 0) is 4.79 Å². The molecule has 1 heterocycles. The summed E-state index contributed by atoms with van der Waals surface area (Å²) in [6.45, 7) is 1.12. The van der Waals surface area contributed by atoms with E-state index in [0.29, 0.717) is 6.04 Å². The highest BCUT2D eigenvalue weighted by molar-refractivity contribution is 14.1. The Hall–Kier alpha value is -0.680. The third kappa shape index (κ3) is 3.15. The molecule has 0 spiro atoms. The van der Waals surface area contributed by atoms with Crippen LogP contribution in [0, 0.1) is 0 Å². The van der Waals surface area contributed by atoms with Gasteiger partial charge in [0.05, 0.1) is 0 Å². The van der Waals surface area contributed by atoms with E-state index >= 15 is 0 Å². The molecule has 3 heteroatoms. The van der Waals surface area contributed by atoms with Crippen molar-refractivity contribution in [2.75, 3.05) is 6.54 Å². The van der Waals surface area contributed by atoms with E-state index in [-0.39, 0.29) is 3.79 Å². The Balaban J connectivity index is 2.06. The second-order valence-electron chi connectivity index (χ2n) is 3.95. The van der Waals surface area contributed by atoms with Crippen molar-refractivity contribution in [3.8, 4) is 0 Å². The molecule has 1 aliphatic heterocycles. The number of hydrogen-bond donors (Lipinski definition) is 1. The molecule has 1 aromatic rings. The summed E-state index contributed by atoms with van der Waals surface area (Å²) in [6, 6.07) is 8.92. The van der Waals surface area contributed by atoms with Crippen LogP contribution in [0.2, 0.25) is 0 Å². The van der Waals surface area contributed by atoms with Gasteiger partial charge in [0.25, 0.3) is 0 Å². The third-order valence-electron chi connectivity index (χ3n) is 2.81. The van der Waals surface area contributed by atoms with E-state index in [1.165, 1.54) is 18.4 Å². The lowest BCUT2D eigenvalue weighted by Gasteiger charge is -2.10. The van der Waals surface area contributed by atoms with Crippen LogP contribution in [0.15, 0.2) is 30.3 Å². The van der Waals surface area contributed by atoms with Crippen LogP contribution in [0.5, 0.6) is 0 Å². The molecule has 0 amide bonds. The van der Waals surface area contributed by atoms with Crippen molar-refractivity contribution >= 4 is 32.5 Å². The molecule has 0 saturated carbocycles. The first-order chi connectivity index (χ1) is 7.75. The Morgan fingerprint density at radius 2 is 2.12 bits per heavy atom. The van der Waals surface area contributed by atoms with Gasteiger partial charge in [0, 0.05) is 28.6 Å². The molecule has 1 N–H and O–H groups in total. The highest BCUT2D eigenvalue weighted by Gasteiger charge is 2.15. The molecule has 1 atom stereocenters. The van der Waals surface area contributed by atoms with Gasteiger partial charge in [-0.2, -0.15) is 0 Å². The van der Waals surface area contributed by atoms with Gasteiger partial charge in [-0.1, -0.05) is 30.3 Å². The molecule has 1 saturated heterocycles. The smallest absolute Gasteiger partial charge is 0.215 e. The van der Waals surface area contributed by atoms with Crippen molar-refractivity contribution < 1.29 is 4.79 Å². The van der Waals surface area contributed by atoms with Gasteiger partial charge < -0.3 is 5.32 Å². The lowest BCUT2D eigenvalue weighted by Crippen LogP contribution is -2.12. The van der Waals surface area contributed by atoms with Gasteiger partial charge in [-0.05, 0) is 36.6 Å². The van der Waals surface area contributed by atoms with E-state index in [2.05, 4.69) is 29.6 Å². The fraction of sp³-hybridized carbons (Fsp3) is 0.308. The summed E-state index contributed by atoms with van der Waals surface area (Å²) in [5.74, 6) is 0. The van der Waals surface area contributed by atoms with E-state index in [1.54, 1.807) is 28.7 Å². The van der Waals surface area contributed by atoms with Gasteiger partial charge >= 0.3 is 0 Å². The van der Waals surface area contributed by atoms with Crippen LogP contribution >= 0.6 is 22.6 Å². The Bertz CT molecular complexity index is 391. The van der Waals surface area contributed by atoms with Crippen LogP contribution in [0.4, 0.5) is 0 Å². The summed E-state index contributed by atoms with van der Waals surface area (Å²) in [6.07, 6.45) is 5.92. The number of carbonyl (C=O) groups is 1. The van der Waals surface area contributed by atoms with Gasteiger partial charge in [-0.15, -0.1) is 0 Å². The molecule has 2 rings (SSSR count). The minimum absolute atomic E-state index is 0.0548. The maximum Gasteiger partial charge on any atom is 0.215 e. The number of hydrogen-bond acceptors (Lipinski definition) is 2. The van der Waals surface area contributed by atoms with Gasteiger partial charge in [0.1, 0.15) is 0 Å². The second kappa shape index (κ2) is 5.59. The summed E-state index contributed by atoms with van der Waals surface area (Å²) < 4.78 is 0.0548. The fourth-order valence-corrected chi connectivity index (χ4v) is 2.15. The molecule has 0 unspecified atom stereocenters. The van der Waals surface area contributed by atoms with Crippen LogP contribution < -0.4 is 5.32 Å². The zero-order valence-corrected chi connectivity index (χ0v) is 11.1. The average molecular weight is 327 g/mol. The zero-order valence-electron chi connectivity index (χ0n) is 8.95. The largest absolute Gasteiger partial charge is 0.310 e. The van der Waals surface area contributed by atoms with Gasteiger partial charge in [-0.25, -0.2) is 0 Å². The molecule has 0 aliphatic carbocycles. The summed E-state index contributed by atoms with van der Waals surface area (Å²) >= 11 is 1.77. The standard InChI is InChI=1S/C13H14INO/c14-13(16)8-5-10-3-6-11(7-4-10)12-2-1-9-15-12/h3-8,12,15H,1-2,9H2/b8-5+/t12-/m1/s1. The summed E-state index contributed by atoms with van der Waals surface area (Å²) in [4.78, 5) is 10.8. The van der Waals surface area contributed by atoms with Crippen molar-refractivity contribution in [2.24, 2.45) is 0 Å².